The molecule has 0 aromatic rings. The number of aliphatic carboxylic acids is 1. The minimum Gasteiger partial charge on any atom is -0.481 e. The number of likely N-dealkylation sites (tertiary alicyclic amines) is 1. The van der Waals surface area contributed by atoms with Gasteiger partial charge in [0.2, 0.25) is 0 Å². The Bertz CT molecular complexity index is 155. The summed E-state index contributed by atoms with van der Waals surface area (Å²) in [7, 11) is 0. The van der Waals surface area contributed by atoms with Crippen LogP contribution in [0, 0.1) is 5.92 Å². The summed E-state index contributed by atoms with van der Waals surface area (Å²) in [6.45, 7) is 5.23. The molecule has 1 saturated heterocycles. The van der Waals surface area contributed by atoms with Gasteiger partial charge in [-0.3, -0.25) is 4.79 Å². The smallest absolute Gasteiger partial charge is 0.306 e. The first kappa shape index (κ1) is 9.52. The molecule has 1 aliphatic rings. The highest BCUT2D eigenvalue weighted by molar-refractivity contribution is 5.69. The van der Waals surface area contributed by atoms with Crippen LogP contribution in [0.15, 0.2) is 0 Å². The second kappa shape index (κ2) is 4.45. The predicted molar refractivity (Wildman–Crippen MR) is 47.1 cm³/mol. The SMILES string of the molecule is CC[C@@H](CCN1CCC1)C(=O)O. The van der Waals surface area contributed by atoms with Gasteiger partial charge in [-0.1, -0.05) is 6.92 Å². The Morgan fingerprint density at radius 2 is 2.25 bits per heavy atom. The molecule has 1 heterocycles. The molecule has 70 valence electrons. The average molecular weight is 171 g/mol. The lowest BCUT2D eigenvalue weighted by molar-refractivity contribution is -0.142. The third-order valence-electron chi connectivity index (χ3n) is 2.58. The van der Waals surface area contributed by atoms with Crippen LogP contribution in [-0.2, 0) is 4.79 Å². The van der Waals surface area contributed by atoms with Crippen molar-refractivity contribution in [3.8, 4) is 0 Å². The van der Waals surface area contributed by atoms with Crippen LogP contribution in [0.4, 0.5) is 0 Å². The lowest BCUT2D eigenvalue weighted by Gasteiger charge is -2.31. The van der Waals surface area contributed by atoms with Crippen LogP contribution in [0.3, 0.4) is 0 Å². The molecule has 0 aromatic carbocycles. The minimum absolute atomic E-state index is 0.134. The Morgan fingerprint density at radius 3 is 2.58 bits per heavy atom. The van der Waals surface area contributed by atoms with Crippen molar-refractivity contribution in [1.82, 2.24) is 4.90 Å². The molecular weight excluding hydrogens is 154 g/mol. The zero-order valence-corrected chi connectivity index (χ0v) is 7.62. The standard InChI is InChI=1S/C9H17NO2/c1-2-8(9(11)12)4-7-10-5-3-6-10/h8H,2-7H2,1H3,(H,11,12)/t8-/m0/s1. The maximum atomic E-state index is 10.6. The molecule has 0 aromatic heterocycles. The summed E-state index contributed by atoms with van der Waals surface area (Å²) in [5.74, 6) is -0.774. The van der Waals surface area contributed by atoms with Crippen molar-refractivity contribution in [1.29, 1.82) is 0 Å². The lowest BCUT2D eigenvalue weighted by Crippen LogP contribution is -2.38. The van der Waals surface area contributed by atoms with Gasteiger partial charge in [0.15, 0.2) is 0 Å². The molecule has 0 spiro atoms. The van der Waals surface area contributed by atoms with E-state index >= 15 is 0 Å². The Balaban J connectivity index is 2.13. The third kappa shape index (κ3) is 2.48. The molecular formula is C9H17NO2. The maximum Gasteiger partial charge on any atom is 0.306 e. The van der Waals surface area contributed by atoms with E-state index in [1.54, 1.807) is 0 Å². The van der Waals surface area contributed by atoms with E-state index in [4.69, 9.17) is 5.11 Å². The molecule has 0 amide bonds. The van der Waals surface area contributed by atoms with Gasteiger partial charge < -0.3 is 10.0 Å². The van der Waals surface area contributed by atoms with Gasteiger partial charge in [0.05, 0.1) is 5.92 Å². The quantitative estimate of drug-likeness (QED) is 0.675. The Morgan fingerprint density at radius 1 is 1.58 bits per heavy atom. The van der Waals surface area contributed by atoms with Crippen LogP contribution < -0.4 is 0 Å². The van der Waals surface area contributed by atoms with Gasteiger partial charge in [0.25, 0.3) is 0 Å². The summed E-state index contributed by atoms with van der Waals surface area (Å²) in [6, 6.07) is 0. The second-order valence-electron chi connectivity index (χ2n) is 3.43. The average Bonchev–Trinajstić information content (AvgIpc) is 1.93. The summed E-state index contributed by atoms with van der Waals surface area (Å²) < 4.78 is 0. The van der Waals surface area contributed by atoms with Crippen molar-refractivity contribution in [2.75, 3.05) is 19.6 Å². The van der Waals surface area contributed by atoms with Crippen LogP contribution in [0.25, 0.3) is 0 Å². The van der Waals surface area contributed by atoms with Crippen LogP contribution >= 0.6 is 0 Å². The maximum absolute atomic E-state index is 10.6. The fraction of sp³-hybridized carbons (Fsp3) is 0.889. The summed E-state index contributed by atoms with van der Waals surface area (Å²) in [5.41, 5.74) is 0. The number of nitrogens with zero attached hydrogens (tertiary/aromatic N) is 1. The predicted octanol–water partition coefficient (Wildman–Crippen LogP) is 1.19. The van der Waals surface area contributed by atoms with Crippen molar-refractivity contribution < 1.29 is 9.90 Å². The molecule has 0 aliphatic carbocycles. The normalized spacial score (nSPS) is 20.1. The first-order valence-electron chi connectivity index (χ1n) is 4.69. The molecule has 1 fully saturated rings. The summed E-state index contributed by atoms with van der Waals surface area (Å²) >= 11 is 0. The number of rotatable bonds is 5. The highest BCUT2D eigenvalue weighted by atomic mass is 16.4. The van der Waals surface area contributed by atoms with Crippen molar-refractivity contribution in [2.45, 2.75) is 26.2 Å². The molecule has 0 saturated carbocycles. The van der Waals surface area contributed by atoms with Crippen molar-refractivity contribution in [2.24, 2.45) is 5.92 Å². The third-order valence-corrected chi connectivity index (χ3v) is 2.58. The van der Waals surface area contributed by atoms with Gasteiger partial charge in [-0.25, -0.2) is 0 Å². The topological polar surface area (TPSA) is 40.5 Å². The molecule has 1 atom stereocenters. The molecule has 1 aliphatic heterocycles. The highest BCUT2D eigenvalue weighted by Crippen LogP contribution is 2.12. The van der Waals surface area contributed by atoms with Crippen molar-refractivity contribution >= 4 is 5.97 Å². The van der Waals surface area contributed by atoms with E-state index in [1.165, 1.54) is 6.42 Å². The fourth-order valence-corrected chi connectivity index (χ4v) is 1.45. The van der Waals surface area contributed by atoms with Crippen LogP contribution in [0.2, 0.25) is 0 Å². The molecule has 1 N–H and O–H groups in total. The Labute approximate surface area is 73.4 Å². The first-order valence-corrected chi connectivity index (χ1v) is 4.69. The summed E-state index contributed by atoms with van der Waals surface area (Å²) in [4.78, 5) is 12.9. The zero-order valence-electron chi connectivity index (χ0n) is 7.62. The summed E-state index contributed by atoms with van der Waals surface area (Å²) in [6.07, 6.45) is 2.85. The number of carbonyl (C=O) groups is 1. The molecule has 3 heteroatoms. The molecule has 0 bridgehead atoms. The molecule has 3 nitrogen and oxygen atoms in total. The lowest BCUT2D eigenvalue weighted by atomic mass is 10.0. The van der Waals surface area contributed by atoms with Gasteiger partial charge in [0, 0.05) is 0 Å². The number of hydrogen-bond donors (Lipinski definition) is 1. The van der Waals surface area contributed by atoms with Gasteiger partial charge in [-0.05, 0) is 38.9 Å². The summed E-state index contributed by atoms with van der Waals surface area (Å²) in [5, 5.41) is 8.76. The largest absolute Gasteiger partial charge is 0.481 e. The van der Waals surface area contributed by atoms with Crippen molar-refractivity contribution in [3.05, 3.63) is 0 Å². The number of carboxylic acids is 1. The Hall–Kier alpha value is -0.570. The van der Waals surface area contributed by atoms with Gasteiger partial charge in [-0.2, -0.15) is 0 Å². The van der Waals surface area contributed by atoms with E-state index in [0.29, 0.717) is 0 Å². The van der Waals surface area contributed by atoms with E-state index in [0.717, 1.165) is 32.5 Å². The van der Waals surface area contributed by atoms with Gasteiger partial charge in [0.1, 0.15) is 0 Å². The monoisotopic (exact) mass is 171 g/mol. The van der Waals surface area contributed by atoms with Crippen molar-refractivity contribution in [3.63, 3.8) is 0 Å². The van der Waals surface area contributed by atoms with Crippen LogP contribution in [0.1, 0.15) is 26.2 Å². The van der Waals surface area contributed by atoms with Crippen LogP contribution in [0.5, 0.6) is 0 Å². The Kier molecular flexibility index (Phi) is 3.53. The second-order valence-corrected chi connectivity index (χ2v) is 3.43. The molecule has 0 radical (unpaired) electrons. The van der Waals surface area contributed by atoms with E-state index in [2.05, 4.69) is 4.90 Å². The molecule has 1 rings (SSSR count). The van der Waals surface area contributed by atoms with E-state index < -0.39 is 5.97 Å². The molecule has 12 heavy (non-hydrogen) atoms. The van der Waals surface area contributed by atoms with E-state index in [-0.39, 0.29) is 5.92 Å². The van der Waals surface area contributed by atoms with Gasteiger partial charge in [-0.15, -0.1) is 0 Å². The number of hydrogen-bond acceptors (Lipinski definition) is 2. The number of carboxylic acid groups (broad SMARTS) is 1. The van der Waals surface area contributed by atoms with E-state index in [9.17, 15) is 4.79 Å². The fourth-order valence-electron chi connectivity index (χ4n) is 1.45. The van der Waals surface area contributed by atoms with Crippen LogP contribution in [-0.4, -0.2) is 35.6 Å². The molecule has 0 unspecified atom stereocenters. The zero-order chi connectivity index (χ0) is 8.97. The highest BCUT2D eigenvalue weighted by Gasteiger charge is 2.19. The first-order chi connectivity index (χ1) is 5.74. The minimum atomic E-state index is -0.641. The van der Waals surface area contributed by atoms with E-state index in [1.807, 2.05) is 6.92 Å². The van der Waals surface area contributed by atoms with Gasteiger partial charge >= 0.3 is 5.97 Å².